The fourth-order valence-corrected chi connectivity index (χ4v) is 1.94. The number of ether oxygens (including phenoxy) is 1. The smallest absolute Gasteiger partial charge is 0.330 e. The van der Waals surface area contributed by atoms with Crippen molar-refractivity contribution in [3.05, 3.63) is 43.5 Å². The standard InChI is InChI=1S/C9H11N5O6/c10-13-12-9(3-15)6(18)5(17)7(20-9)14-2-1-4(16)11-8(14)19/h1-2,5-7,15,17-18H,3H2,(H,11,16,19)/t5-,6-,7-,9-/m1/s1. The molecule has 1 saturated heterocycles. The molecule has 2 rings (SSSR count). The summed E-state index contributed by atoms with van der Waals surface area (Å²) in [6.45, 7) is -0.899. The van der Waals surface area contributed by atoms with Crippen LogP contribution in [0.25, 0.3) is 10.4 Å². The molecule has 0 radical (unpaired) electrons. The number of aliphatic hydroxyl groups is 3. The molecule has 0 amide bonds. The van der Waals surface area contributed by atoms with Gasteiger partial charge in [0.05, 0.1) is 6.61 Å². The lowest BCUT2D eigenvalue weighted by atomic mass is 10.1. The SMILES string of the molecule is [N-]=[N+]=N[C@]1(CO)O[C@@H](n2ccc(=O)[nH]c2=O)[C@H](O)[C@H]1O. The first-order valence-corrected chi connectivity index (χ1v) is 5.48. The van der Waals surface area contributed by atoms with Gasteiger partial charge in [-0.15, -0.1) is 0 Å². The molecule has 1 aliphatic heterocycles. The highest BCUT2D eigenvalue weighted by Crippen LogP contribution is 2.37. The molecule has 1 fully saturated rings. The second-order valence-electron chi connectivity index (χ2n) is 4.15. The highest BCUT2D eigenvalue weighted by atomic mass is 16.6. The van der Waals surface area contributed by atoms with Gasteiger partial charge in [0, 0.05) is 17.2 Å². The van der Waals surface area contributed by atoms with Gasteiger partial charge in [0.2, 0.25) is 5.72 Å². The van der Waals surface area contributed by atoms with Gasteiger partial charge in [0.15, 0.2) is 6.23 Å². The van der Waals surface area contributed by atoms with Crippen LogP contribution < -0.4 is 11.2 Å². The van der Waals surface area contributed by atoms with E-state index in [0.717, 1.165) is 16.8 Å². The van der Waals surface area contributed by atoms with Crippen LogP contribution in [-0.2, 0) is 4.74 Å². The summed E-state index contributed by atoms with van der Waals surface area (Å²) in [5.41, 5.74) is 4.79. The van der Waals surface area contributed by atoms with Crippen molar-refractivity contribution in [2.24, 2.45) is 5.11 Å². The Morgan fingerprint density at radius 1 is 1.55 bits per heavy atom. The molecule has 1 aromatic rings. The second kappa shape index (κ2) is 5.07. The third kappa shape index (κ3) is 2.09. The average Bonchev–Trinajstić information content (AvgIpc) is 2.65. The maximum Gasteiger partial charge on any atom is 0.330 e. The topological polar surface area (TPSA) is 174 Å². The minimum absolute atomic E-state index is 0.650. The summed E-state index contributed by atoms with van der Waals surface area (Å²) < 4.78 is 5.95. The van der Waals surface area contributed by atoms with Crippen molar-refractivity contribution >= 4 is 0 Å². The van der Waals surface area contributed by atoms with E-state index in [0.29, 0.717) is 0 Å². The molecule has 11 heteroatoms. The molecule has 11 nitrogen and oxygen atoms in total. The number of aliphatic hydroxyl groups excluding tert-OH is 3. The maximum atomic E-state index is 11.6. The number of nitrogens with zero attached hydrogens (tertiary/aromatic N) is 4. The third-order valence-corrected chi connectivity index (χ3v) is 2.97. The van der Waals surface area contributed by atoms with Gasteiger partial charge in [-0.1, -0.05) is 5.11 Å². The van der Waals surface area contributed by atoms with E-state index in [2.05, 4.69) is 10.0 Å². The zero-order valence-corrected chi connectivity index (χ0v) is 9.95. The van der Waals surface area contributed by atoms with E-state index >= 15 is 0 Å². The fourth-order valence-electron chi connectivity index (χ4n) is 1.94. The lowest BCUT2D eigenvalue weighted by Gasteiger charge is -2.23. The van der Waals surface area contributed by atoms with Gasteiger partial charge < -0.3 is 20.1 Å². The highest BCUT2D eigenvalue weighted by Gasteiger charge is 2.54. The molecule has 4 N–H and O–H groups in total. The predicted molar refractivity (Wildman–Crippen MR) is 62.4 cm³/mol. The Morgan fingerprint density at radius 2 is 2.25 bits per heavy atom. The first-order chi connectivity index (χ1) is 9.45. The normalized spacial score (nSPS) is 32.9. The van der Waals surface area contributed by atoms with Gasteiger partial charge in [-0.05, 0) is 5.53 Å². The van der Waals surface area contributed by atoms with E-state index in [1.54, 1.807) is 0 Å². The lowest BCUT2D eigenvalue weighted by molar-refractivity contribution is -0.125. The zero-order valence-electron chi connectivity index (χ0n) is 9.95. The van der Waals surface area contributed by atoms with Crippen molar-refractivity contribution in [2.75, 3.05) is 6.61 Å². The van der Waals surface area contributed by atoms with E-state index in [4.69, 9.17) is 10.3 Å². The summed E-state index contributed by atoms with van der Waals surface area (Å²) in [5.74, 6) is 0. The molecule has 0 aromatic carbocycles. The van der Waals surface area contributed by atoms with Crippen LogP contribution in [0.15, 0.2) is 27.0 Å². The molecule has 0 aliphatic carbocycles. The Kier molecular flexibility index (Phi) is 3.61. The van der Waals surface area contributed by atoms with Gasteiger partial charge in [-0.25, -0.2) is 4.79 Å². The molecular formula is C9H11N5O6. The number of azide groups is 1. The summed E-state index contributed by atoms with van der Waals surface area (Å²) in [4.78, 5) is 26.9. The quantitative estimate of drug-likeness (QED) is 0.278. The highest BCUT2D eigenvalue weighted by molar-refractivity contribution is 5.00. The van der Waals surface area contributed by atoms with Gasteiger partial charge >= 0.3 is 5.69 Å². The predicted octanol–water partition coefficient (Wildman–Crippen LogP) is -2.21. The first-order valence-electron chi connectivity index (χ1n) is 5.48. The zero-order chi connectivity index (χ0) is 14.9. The molecular weight excluding hydrogens is 274 g/mol. The first kappa shape index (κ1) is 14.2. The number of H-pyrrole nitrogens is 1. The van der Waals surface area contributed by atoms with Gasteiger partial charge in [0.1, 0.15) is 12.2 Å². The van der Waals surface area contributed by atoms with Crippen molar-refractivity contribution in [3.63, 3.8) is 0 Å². The molecule has 2 heterocycles. The average molecular weight is 285 g/mol. The Labute approximate surface area is 110 Å². The van der Waals surface area contributed by atoms with E-state index in [1.807, 2.05) is 4.98 Å². The van der Waals surface area contributed by atoms with Gasteiger partial charge in [0.25, 0.3) is 5.56 Å². The van der Waals surface area contributed by atoms with Crippen LogP contribution in [0.5, 0.6) is 0 Å². The van der Waals surface area contributed by atoms with Gasteiger partial charge in [-0.3, -0.25) is 14.3 Å². The van der Waals surface area contributed by atoms with Crippen LogP contribution >= 0.6 is 0 Å². The lowest BCUT2D eigenvalue weighted by Crippen LogP contribution is -2.44. The minimum Gasteiger partial charge on any atom is -0.393 e. The Morgan fingerprint density at radius 3 is 2.80 bits per heavy atom. The molecule has 1 aromatic heterocycles. The van der Waals surface area contributed by atoms with E-state index in [9.17, 15) is 24.9 Å². The molecule has 0 saturated carbocycles. The number of nitrogens with one attached hydrogen (secondary N) is 1. The monoisotopic (exact) mass is 285 g/mol. The Bertz CT molecular complexity index is 663. The van der Waals surface area contributed by atoms with Crippen LogP contribution in [0, 0.1) is 0 Å². The third-order valence-electron chi connectivity index (χ3n) is 2.97. The van der Waals surface area contributed by atoms with E-state index in [1.165, 1.54) is 0 Å². The molecule has 0 unspecified atom stereocenters. The molecule has 1 aliphatic rings. The minimum atomic E-state index is -2.10. The summed E-state index contributed by atoms with van der Waals surface area (Å²) in [5, 5.41) is 32.1. The molecule has 20 heavy (non-hydrogen) atoms. The van der Waals surface area contributed by atoms with Crippen LogP contribution in [0.3, 0.4) is 0 Å². The van der Waals surface area contributed by atoms with Crippen LogP contribution in [0.1, 0.15) is 6.23 Å². The summed E-state index contributed by atoms with van der Waals surface area (Å²) in [7, 11) is 0. The Hall–Kier alpha value is -2.17. The molecule has 0 spiro atoms. The van der Waals surface area contributed by atoms with E-state index < -0.39 is 42.0 Å². The Balaban J connectivity index is 2.47. The summed E-state index contributed by atoms with van der Waals surface area (Å²) in [6, 6.07) is 1.01. The van der Waals surface area contributed by atoms with Crippen LogP contribution in [-0.4, -0.2) is 49.4 Å². The van der Waals surface area contributed by atoms with Crippen LogP contribution in [0.4, 0.5) is 0 Å². The molecule has 0 bridgehead atoms. The van der Waals surface area contributed by atoms with Crippen molar-refractivity contribution in [3.8, 4) is 0 Å². The van der Waals surface area contributed by atoms with Crippen molar-refractivity contribution in [1.29, 1.82) is 0 Å². The summed E-state index contributed by atoms with van der Waals surface area (Å²) >= 11 is 0. The number of hydrogen-bond donors (Lipinski definition) is 4. The molecule has 4 atom stereocenters. The fraction of sp³-hybridized carbons (Fsp3) is 0.556. The second-order valence-corrected chi connectivity index (χ2v) is 4.15. The number of aromatic amines is 1. The van der Waals surface area contributed by atoms with Crippen molar-refractivity contribution < 1.29 is 20.1 Å². The maximum absolute atomic E-state index is 11.6. The largest absolute Gasteiger partial charge is 0.393 e. The molecule has 108 valence electrons. The van der Waals surface area contributed by atoms with Crippen LogP contribution in [0.2, 0.25) is 0 Å². The number of rotatable bonds is 3. The van der Waals surface area contributed by atoms with Gasteiger partial charge in [-0.2, -0.15) is 0 Å². The summed E-state index contributed by atoms with van der Waals surface area (Å²) in [6.07, 6.45) is -3.76. The number of hydrogen-bond acceptors (Lipinski definition) is 7. The van der Waals surface area contributed by atoms with Crippen molar-refractivity contribution in [1.82, 2.24) is 9.55 Å². The van der Waals surface area contributed by atoms with Crippen molar-refractivity contribution in [2.45, 2.75) is 24.2 Å². The number of aromatic nitrogens is 2. The van der Waals surface area contributed by atoms with E-state index in [-0.39, 0.29) is 0 Å².